The molecule has 1 aliphatic carbocycles. The van der Waals surface area contributed by atoms with Gasteiger partial charge in [0.15, 0.2) is 0 Å². The molecule has 11 aromatic carbocycles. The molecule has 2 fully saturated rings. The van der Waals surface area contributed by atoms with Crippen LogP contribution in [0.3, 0.4) is 0 Å². The number of halogens is 5. The highest BCUT2D eigenvalue weighted by molar-refractivity contribution is 7.70. The van der Waals surface area contributed by atoms with Crippen molar-refractivity contribution in [2.45, 2.75) is 136 Å². The summed E-state index contributed by atoms with van der Waals surface area (Å²) in [5, 5.41) is 42.1. The first-order chi connectivity index (χ1) is 66.0. The molecule has 24 heteroatoms. The zero-order valence-electron chi connectivity index (χ0n) is 76.9. The Morgan fingerprint density at radius 3 is 1.24 bits per heavy atom. The number of aliphatic imine (C=N–C) groups is 4. The van der Waals surface area contributed by atoms with Crippen molar-refractivity contribution in [3.05, 3.63) is 343 Å². The van der Waals surface area contributed by atoms with Gasteiger partial charge < -0.3 is 42.9 Å². The fraction of sp³-hybridized carbons (Fsp3) is 0.230. The first-order valence-electron chi connectivity index (χ1n) is 46.1. The monoisotopic (exact) mass is 1850 g/mol. The third-order valence-electron chi connectivity index (χ3n) is 27.5. The number of nitrogens with zero attached hydrogens (tertiary/aromatic N) is 10. The molecule has 0 bridgehead atoms. The summed E-state index contributed by atoms with van der Waals surface area (Å²) in [7, 11) is -2.53. The molecule has 0 radical (unpaired) electrons. The van der Waals surface area contributed by atoms with E-state index in [4.69, 9.17) is 9.72 Å². The second kappa shape index (κ2) is 36.8. The molecule has 688 valence electrons. The van der Waals surface area contributed by atoms with Crippen molar-refractivity contribution in [3.63, 3.8) is 0 Å². The predicted molar refractivity (Wildman–Crippen MR) is 533 cm³/mol. The molecule has 1 saturated heterocycles. The summed E-state index contributed by atoms with van der Waals surface area (Å²) in [5.41, 5.74) is 29.2. The van der Waals surface area contributed by atoms with Gasteiger partial charge in [-0.2, -0.15) is 5.26 Å². The number of fused-ring (bicyclic) bond motifs is 8. The Kier molecular flexibility index (Phi) is 24.5. The summed E-state index contributed by atoms with van der Waals surface area (Å²) in [6.07, 6.45) is 16.3. The summed E-state index contributed by atoms with van der Waals surface area (Å²) < 4.78 is 97.6. The molecular formula is C113H98F5N10O8P. The third-order valence-corrected chi connectivity index (χ3v) is 29.0. The number of nitriles is 1. The number of hydrogen-bond donors (Lipinski definition) is 3. The van der Waals surface area contributed by atoms with Gasteiger partial charge in [0.25, 0.3) is 0 Å². The van der Waals surface area contributed by atoms with Gasteiger partial charge in [0.1, 0.15) is 41.7 Å². The van der Waals surface area contributed by atoms with Gasteiger partial charge >= 0.3 is 17.9 Å². The molecule has 1 atom stereocenters. The van der Waals surface area contributed by atoms with E-state index in [1.54, 1.807) is 80.1 Å². The van der Waals surface area contributed by atoms with Crippen molar-refractivity contribution < 1.29 is 61.0 Å². The van der Waals surface area contributed by atoms with E-state index in [2.05, 4.69) is 134 Å². The van der Waals surface area contributed by atoms with Crippen LogP contribution < -0.4 is 5.44 Å². The highest BCUT2D eigenvalue weighted by Gasteiger charge is 2.47. The SMILES string of the molecule is CC(C)Cc1c(-c2ccc(C(=O)O)cc2)c2cc3c(cc2n1-c1ccc(F)cc1)C=NC3.CCC1(c2c(-c3ccc(C(=O)O)c(F)c3)c3cc4c(cc3n2-c2ccc(F)cc2)C=NC4)COC1.CCCC(C)c1c(-c2ccc(C(=O)O)cc2)c2cc3c(cc2n1-c1ccc(F)cc1)C=NC3.Cc1cc(-c2c(C3(CC#N)CCC3)n(-c3ccc(F)cc3)c3cc4c(cc23)CN=C4)cnc1P(C)(C)=O. The van der Waals surface area contributed by atoms with Crippen molar-refractivity contribution >= 4 is 99.0 Å². The Labute approximate surface area is 788 Å². The predicted octanol–water partition coefficient (Wildman–Crippen LogP) is 25.8. The second-order valence-corrected chi connectivity index (χ2v) is 40.4. The van der Waals surface area contributed by atoms with Crippen LogP contribution in [0.2, 0.25) is 0 Å². The van der Waals surface area contributed by atoms with E-state index in [0.29, 0.717) is 62.7 Å². The van der Waals surface area contributed by atoms with Crippen molar-refractivity contribution in [1.82, 2.24) is 23.3 Å². The van der Waals surface area contributed by atoms with E-state index in [-0.39, 0.29) is 56.7 Å². The number of pyridine rings is 1. The summed E-state index contributed by atoms with van der Waals surface area (Å²) >= 11 is 0. The molecule has 1 unspecified atom stereocenters. The van der Waals surface area contributed by atoms with E-state index in [1.165, 1.54) is 71.8 Å². The largest absolute Gasteiger partial charge is 0.478 e. The normalized spacial score (nSPS) is 14.5. The maximum atomic E-state index is 14.9. The molecule has 6 aliphatic rings. The van der Waals surface area contributed by atoms with Gasteiger partial charge in [-0.25, -0.2) is 36.3 Å². The molecule has 137 heavy (non-hydrogen) atoms. The molecule has 0 spiro atoms. The standard InChI is InChI=1S/C30H28FN4OP.C28H22F2N2O3.C28H25FN2O2.C27H23FN2O2/c1-19-13-22(18-34-29(19)37(2,3)36)27-25-14-20-16-33-17-21(20)15-26(25)35(24-7-5-23(31)6-8-24)28(27)30(11-12-32)9-4-10-30;1-2-28(14-35-15-28)26-25(16-3-8-21(27(33)34)23(30)10-16)22-9-17-12-31-13-18(17)11-24(22)32(26)20-6-4-19(29)5-7-20;1-3-4-17(2)27-26(18-5-7-19(8-6-18)28(32)33)24-13-20-15-30-16-21(20)14-25(24)31(27)23-11-9-22(29)10-12-23;1-16(2)11-25-26(17-3-5-18(6-4-17)27(31)32)23-12-19-14-29-15-20(19)13-24(23)30(25)22-9-7-21(28)8-10-22/h5-8,13-15,17-18H,4,9-11,16H2,1-3H3;3-11,13H,2,12,14-15H2,1H3,(H,33,34);5-14,16-17H,3-4,15H2,1-2H3,(H,32,33);3-10,12-13,15-16H,11,14H2,1-2H3,(H,31,32). The zero-order valence-corrected chi connectivity index (χ0v) is 77.8. The average Bonchev–Trinajstić information content (AvgIpc) is 1.43. The van der Waals surface area contributed by atoms with Crippen molar-refractivity contribution in [1.29, 1.82) is 5.26 Å². The topological polar surface area (TPSA) is 244 Å². The molecule has 5 aliphatic heterocycles. The lowest BCUT2D eigenvalue weighted by atomic mass is 9.63. The minimum Gasteiger partial charge on any atom is -0.478 e. The number of carboxylic acid groups (broad SMARTS) is 3. The Balaban J connectivity index is 0.000000117. The van der Waals surface area contributed by atoms with Crippen LogP contribution in [0.4, 0.5) is 22.0 Å². The van der Waals surface area contributed by atoms with Crippen molar-refractivity contribution in [2.24, 2.45) is 25.9 Å². The van der Waals surface area contributed by atoms with Crippen LogP contribution in [0, 0.1) is 53.3 Å². The van der Waals surface area contributed by atoms with Gasteiger partial charge in [-0.05, 0) is 319 Å². The third kappa shape index (κ3) is 16.9. The van der Waals surface area contributed by atoms with E-state index in [1.807, 2.05) is 74.4 Å². The first-order valence-corrected chi connectivity index (χ1v) is 48.7. The smallest absolute Gasteiger partial charge is 0.338 e. The Morgan fingerprint density at radius 1 is 0.474 bits per heavy atom. The van der Waals surface area contributed by atoms with Crippen molar-refractivity contribution in [2.75, 3.05) is 26.5 Å². The van der Waals surface area contributed by atoms with Crippen LogP contribution in [0.25, 0.3) is 111 Å². The lowest BCUT2D eigenvalue weighted by molar-refractivity contribution is -0.0644. The minimum atomic E-state index is -2.53. The summed E-state index contributed by atoms with van der Waals surface area (Å²) in [6.45, 7) is 19.8. The lowest BCUT2D eigenvalue weighted by Crippen LogP contribution is -2.47. The number of aromatic nitrogens is 5. The van der Waals surface area contributed by atoms with Crippen molar-refractivity contribution in [3.8, 4) is 73.3 Å². The molecular weight excluding hydrogens is 1750 g/mol. The molecule has 5 aromatic heterocycles. The number of aromatic carboxylic acids is 3. The van der Waals surface area contributed by atoms with Crippen LogP contribution in [-0.4, -0.2) is 108 Å². The van der Waals surface area contributed by atoms with Crippen LogP contribution in [0.15, 0.2) is 245 Å². The average molecular weight is 1850 g/mol. The molecule has 16 aromatic rings. The second-order valence-electron chi connectivity index (χ2n) is 37.3. The zero-order chi connectivity index (χ0) is 95.8. The Morgan fingerprint density at radius 2 is 0.869 bits per heavy atom. The van der Waals surface area contributed by atoms with E-state index in [9.17, 15) is 61.5 Å². The van der Waals surface area contributed by atoms with Crippen LogP contribution >= 0.6 is 7.14 Å². The maximum Gasteiger partial charge on any atom is 0.338 e. The molecule has 1 saturated carbocycles. The van der Waals surface area contributed by atoms with Crippen LogP contribution in [-0.2, 0) is 52.7 Å². The fourth-order valence-electron chi connectivity index (χ4n) is 20.7. The highest BCUT2D eigenvalue weighted by atomic mass is 31.2. The van der Waals surface area contributed by atoms with Gasteiger partial charge in [-0.15, -0.1) is 0 Å². The van der Waals surface area contributed by atoms with E-state index in [0.717, 1.165) is 212 Å². The number of carboxylic acids is 3. The van der Waals surface area contributed by atoms with Gasteiger partial charge in [0.2, 0.25) is 0 Å². The van der Waals surface area contributed by atoms with E-state index >= 15 is 0 Å². The number of benzene rings is 11. The molecule has 22 rings (SSSR count). The van der Waals surface area contributed by atoms with Gasteiger partial charge in [0.05, 0.1) is 89.6 Å². The number of ether oxygens (including phenoxy) is 1. The van der Waals surface area contributed by atoms with Crippen LogP contribution in [0.5, 0.6) is 0 Å². The summed E-state index contributed by atoms with van der Waals surface area (Å²) in [6, 6.07) is 66.3. The number of rotatable bonds is 21. The molecule has 3 N–H and O–H groups in total. The van der Waals surface area contributed by atoms with Gasteiger partial charge in [-0.1, -0.05) is 77.8 Å². The quantitative estimate of drug-likeness (QED) is 0.0454. The molecule has 0 amide bonds. The van der Waals surface area contributed by atoms with Gasteiger partial charge in [-0.3, -0.25) is 25.0 Å². The first kappa shape index (κ1) is 91.3. The minimum absolute atomic E-state index is 0.241. The van der Waals surface area contributed by atoms with Gasteiger partial charge in [0, 0.05) is 138 Å². The van der Waals surface area contributed by atoms with E-state index < -0.39 is 30.9 Å². The number of hydrogen-bond acceptors (Lipinski definition) is 11. The highest BCUT2D eigenvalue weighted by Crippen LogP contribution is 2.56. The number of carbonyl (C=O) groups is 3. The Bertz CT molecular complexity index is 7790. The maximum absolute atomic E-state index is 14.9. The summed E-state index contributed by atoms with van der Waals surface area (Å²) in [5.74, 6) is -4.50. The Hall–Kier alpha value is -14.9. The van der Waals surface area contributed by atoms with Crippen LogP contribution in [0.1, 0.15) is 189 Å². The molecule has 10 heterocycles. The number of aryl methyl sites for hydroxylation is 1. The fourth-order valence-corrected chi connectivity index (χ4v) is 22.0. The summed E-state index contributed by atoms with van der Waals surface area (Å²) in [4.78, 5) is 56.7. The lowest BCUT2D eigenvalue weighted by Gasteiger charge is -2.42. The molecule has 18 nitrogen and oxygen atoms in total.